The first-order valence-corrected chi connectivity index (χ1v) is 8.90. The summed E-state index contributed by atoms with van der Waals surface area (Å²) in [5.41, 5.74) is 4.60. The van der Waals surface area contributed by atoms with Gasteiger partial charge in [0, 0.05) is 35.9 Å². The lowest BCUT2D eigenvalue weighted by atomic mass is 10.1. The molecule has 3 aromatic rings. The molecule has 0 radical (unpaired) electrons. The number of hydrogen-bond donors (Lipinski definition) is 2. The predicted octanol–water partition coefficient (Wildman–Crippen LogP) is 3.89. The van der Waals surface area contributed by atoms with E-state index in [2.05, 4.69) is 15.8 Å². The average molecular weight is 406 g/mol. The SMILES string of the molecule is CC(=O)Nc1cccc(C(=O)NN=Cc2ccc(-c3cc([N+](=O)[O-])ccc3C)o2)c1. The van der Waals surface area contributed by atoms with E-state index in [0.717, 1.165) is 5.56 Å². The van der Waals surface area contributed by atoms with Crippen LogP contribution in [0.1, 0.15) is 28.6 Å². The minimum absolute atomic E-state index is 0.0315. The number of benzene rings is 2. The van der Waals surface area contributed by atoms with E-state index in [4.69, 9.17) is 4.42 Å². The molecule has 0 aliphatic carbocycles. The monoisotopic (exact) mass is 406 g/mol. The van der Waals surface area contributed by atoms with Crippen molar-refractivity contribution in [2.75, 3.05) is 5.32 Å². The molecule has 2 aromatic carbocycles. The maximum atomic E-state index is 12.2. The molecule has 9 nitrogen and oxygen atoms in total. The summed E-state index contributed by atoms with van der Waals surface area (Å²) in [5, 5.41) is 17.5. The minimum atomic E-state index is -0.468. The standard InChI is InChI=1S/C21H18N4O5/c1-13-6-7-17(25(28)29)11-19(13)20-9-8-18(30-20)12-22-24-21(27)15-4-3-5-16(10-15)23-14(2)26/h3-12H,1-2H3,(H,23,26)(H,24,27). The van der Waals surface area contributed by atoms with Gasteiger partial charge in [0.15, 0.2) is 0 Å². The van der Waals surface area contributed by atoms with E-state index in [1.165, 1.54) is 31.3 Å². The van der Waals surface area contributed by atoms with Gasteiger partial charge in [0.1, 0.15) is 11.5 Å². The summed E-state index contributed by atoms with van der Waals surface area (Å²) in [6, 6.07) is 14.3. The summed E-state index contributed by atoms with van der Waals surface area (Å²) < 4.78 is 5.66. The molecule has 0 aliphatic rings. The van der Waals surface area contributed by atoms with Gasteiger partial charge in [0.05, 0.1) is 11.1 Å². The van der Waals surface area contributed by atoms with Crippen molar-refractivity contribution < 1.29 is 18.9 Å². The highest BCUT2D eigenvalue weighted by Gasteiger charge is 2.13. The molecule has 0 fully saturated rings. The zero-order valence-corrected chi connectivity index (χ0v) is 16.2. The number of hydrazone groups is 1. The van der Waals surface area contributed by atoms with E-state index in [9.17, 15) is 19.7 Å². The van der Waals surface area contributed by atoms with E-state index in [1.807, 2.05) is 6.92 Å². The fraction of sp³-hybridized carbons (Fsp3) is 0.0952. The molecule has 1 heterocycles. The number of furan rings is 1. The number of nitrogens with zero attached hydrogens (tertiary/aromatic N) is 2. The highest BCUT2D eigenvalue weighted by Crippen LogP contribution is 2.28. The van der Waals surface area contributed by atoms with Crippen LogP contribution in [0.25, 0.3) is 11.3 Å². The molecule has 0 saturated carbocycles. The largest absolute Gasteiger partial charge is 0.455 e. The third-order valence-electron chi connectivity index (χ3n) is 4.13. The number of hydrogen-bond acceptors (Lipinski definition) is 6. The van der Waals surface area contributed by atoms with Crippen LogP contribution in [-0.4, -0.2) is 23.0 Å². The molecule has 0 saturated heterocycles. The van der Waals surface area contributed by atoms with Crippen LogP contribution in [-0.2, 0) is 4.79 Å². The van der Waals surface area contributed by atoms with Gasteiger partial charge in [-0.25, -0.2) is 5.43 Å². The zero-order chi connectivity index (χ0) is 21.7. The topological polar surface area (TPSA) is 127 Å². The number of rotatable bonds is 6. The lowest BCUT2D eigenvalue weighted by Crippen LogP contribution is -2.18. The van der Waals surface area contributed by atoms with Crippen LogP contribution in [0.4, 0.5) is 11.4 Å². The highest BCUT2D eigenvalue weighted by atomic mass is 16.6. The van der Waals surface area contributed by atoms with Crippen LogP contribution in [0.15, 0.2) is 64.1 Å². The van der Waals surface area contributed by atoms with Gasteiger partial charge < -0.3 is 9.73 Å². The van der Waals surface area contributed by atoms with Crippen molar-refractivity contribution in [2.24, 2.45) is 5.10 Å². The van der Waals surface area contributed by atoms with E-state index >= 15 is 0 Å². The molecule has 2 N–H and O–H groups in total. The summed E-state index contributed by atoms with van der Waals surface area (Å²) in [4.78, 5) is 33.9. The fourth-order valence-electron chi connectivity index (χ4n) is 2.72. The van der Waals surface area contributed by atoms with Gasteiger partial charge in [-0.15, -0.1) is 0 Å². The Labute approximate surface area is 171 Å². The third kappa shape index (κ3) is 4.96. The smallest absolute Gasteiger partial charge is 0.271 e. The molecule has 152 valence electrons. The molecule has 1 aromatic heterocycles. The number of nitrogens with one attached hydrogen (secondary N) is 2. The fourth-order valence-corrected chi connectivity index (χ4v) is 2.72. The average Bonchev–Trinajstić information content (AvgIpc) is 3.16. The number of nitro benzene ring substituents is 1. The third-order valence-corrected chi connectivity index (χ3v) is 4.13. The Morgan fingerprint density at radius 1 is 1.13 bits per heavy atom. The van der Waals surface area contributed by atoms with Gasteiger partial charge in [0.25, 0.3) is 11.6 Å². The van der Waals surface area contributed by atoms with Crippen molar-refractivity contribution in [3.8, 4) is 11.3 Å². The van der Waals surface area contributed by atoms with Crippen molar-refractivity contribution in [1.29, 1.82) is 0 Å². The molecule has 0 atom stereocenters. The van der Waals surface area contributed by atoms with Crippen LogP contribution in [0.3, 0.4) is 0 Å². The van der Waals surface area contributed by atoms with Gasteiger partial charge in [-0.2, -0.15) is 5.10 Å². The number of amides is 2. The minimum Gasteiger partial charge on any atom is -0.455 e. The molecule has 3 rings (SSSR count). The summed E-state index contributed by atoms with van der Waals surface area (Å²) >= 11 is 0. The predicted molar refractivity (Wildman–Crippen MR) is 111 cm³/mol. The first-order chi connectivity index (χ1) is 14.3. The van der Waals surface area contributed by atoms with E-state index in [0.29, 0.717) is 28.3 Å². The van der Waals surface area contributed by atoms with Crippen molar-refractivity contribution >= 4 is 29.4 Å². The first kappa shape index (κ1) is 20.5. The Bertz CT molecular complexity index is 1150. The Kier molecular flexibility index (Phi) is 6.02. The van der Waals surface area contributed by atoms with Gasteiger partial charge in [-0.3, -0.25) is 19.7 Å². The van der Waals surface area contributed by atoms with E-state index in [-0.39, 0.29) is 11.6 Å². The normalized spacial score (nSPS) is 10.7. The maximum Gasteiger partial charge on any atom is 0.271 e. The van der Waals surface area contributed by atoms with Gasteiger partial charge >= 0.3 is 0 Å². The molecule has 30 heavy (non-hydrogen) atoms. The summed E-state index contributed by atoms with van der Waals surface area (Å²) in [6.07, 6.45) is 1.33. The molecule has 0 spiro atoms. The van der Waals surface area contributed by atoms with Gasteiger partial charge in [0.2, 0.25) is 5.91 Å². The number of non-ortho nitro benzene ring substituents is 1. The Hall–Kier alpha value is -4.27. The van der Waals surface area contributed by atoms with Crippen LogP contribution in [0.2, 0.25) is 0 Å². The van der Waals surface area contributed by atoms with Crippen molar-refractivity contribution in [1.82, 2.24) is 5.43 Å². The zero-order valence-electron chi connectivity index (χ0n) is 16.2. The van der Waals surface area contributed by atoms with Gasteiger partial charge in [-0.05, 0) is 42.8 Å². The van der Waals surface area contributed by atoms with Gasteiger partial charge in [-0.1, -0.05) is 12.1 Å². The number of aryl methyl sites for hydroxylation is 1. The molecule has 9 heteroatoms. The maximum absolute atomic E-state index is 12.2. The molecule has 2 amide bonds. The lowest BCUT2D eigenvalue weighted by molar-refractivity contribution is -0.384. The molecular formula is C21H18N4O5. The van der Waals surface area contributed by atoms with Crippen LogP contribution in [0, 0.1) is 17.0 Å². The molecule has 0 unspecified atom stereocenters. The van der Waals surface area contributed by atoms with Crippen LogP contribution < -0.4 is 10.7 Å². The highest BCUT2D eigenvalue weighted by molar-refractivity contribution is 5.97. The number of nitro groups is 1. The Morgan fingerprint density at radius 2 is 1.93 bits per heavy atom. The summed E-state index contributed by atoms with van der Waals surface area (Å²) in [6.45, 7) is 3.20. The second kappa shape index (κ2) is 8.82. The summed E-state index contributed by atoms with van der Waals surface area (Å²) in [5.74, 6) is 0.119. The second-order valence-electron chi connectivity index (χ2n) is 6.42. The van der Waals surface area contributed by atoms with Crippen LogP contribution in [0.5, 0.6) is 0 Å². The molecule has 0 aliphatic heterocycles. The second-order valence-corrected chi connectivity index (χ2v) is 6.42. The van der Waals surface area contributed by atoms with Crippen molar-refractivity contribution in [3.05, 3.63) is 81.6 Å². The Balaban J connectivity index is 1.69. The van der Waals surface area contributed by atoms with Crippen molar-refractivity contribution in [3.63, 3.8) is 0 Å². The number of anilines is 1. The van der Waals surface area contributed by atoms with E-state index < -0.39 is 10.8 Å². The Morgan fingerprint density at radius 3 is 2.67 bits per heavy atom. The number of carbonyl (C=O) groups is 2. The molecular weight excluding hydrogens is 388 g/mol. The summed E-state index contributed by atoms with van der Waals surface area (Å²) in [7, 11) is 0. The quantitative estimate of drug-likeness (QED) is 0.365. The van der Waals surface area contributed by atoms with E-state index in [1.54, 1.807) is 36.4 Å². The van der Waals surface area contributed by atoms with Crippen LogP contribution >= 0.6 is 0 Å². The number of carbonyl (C=O) groups excluding carboxylic acids is 2. The molecule has 0 bridgehead atoms. The van der Waals surface area contributed by atoms with Crippen molar-refractivity contribution in [2.45, 2.75) is 13.8 Å². The lowest BCUT2D eigenvalue weighted by Gasteiger charge is -2.04. The first-order valence-electron chi connectivity index (χ1n) is 8.90.